The average molecular weight is 287 g/mol. The third kappa shape index (κ3) is 4.29. The van der Waals surface area contributed by atoms with Crippen molar-refractivity contribution >= 4 is 0 Å². The molecule has 3 heteroatoms. The largest absolute Gasteiger partial charge is 0.311 e. The Morgan fingerprint density at radius 1 is 1.14 bits per heavy atom. The molecule has 116 valence electrons. The lowest BCUT2D eigenvalue weighted by Crippen LogP contribution is -2.41. The molecule has 0 spiro atoms. The van der Waals surface area contributed by atoms with Crippen molar-refractivity contribution in [1.82, 2.24) is 15.1 Å². The highest BCUT2D eigenvalue weighted by Gasteiger charge is 2.25. The van der Waals surface area contributed by atoms with Crippen LogP contribution in [0.25, 0.3) is 0 Å². The van der Waals surface area contributed by atoms with E-state index < -0.39 is 0 Å². The molecule has 1 N–H and O–H groups in total. The first-order chi connectivity index (χ1) is 10.3. The summed E-state index contributed by atoms with van der Waals surface area (Å²) in [5.41, 5.74) is 1.46. The Kier molecular flexibility index (Phi) is 5.28. The van der Waals surface area contributed by atoms with Crippen molar-refractivity contribution in [1.29, 1.82) is 0 Å². The van der Waals surface area contributed by atoms with Gasteiger partial charge in [-0.1, -0.05) is 30.3 Å². The number of nitrogens with one attached hydrogen (secondary N) is 1. The second-order valence-electron chi connectivity index (χ2n) is 6.71. The molecule has 2 unspecified atom stereocenters. The molecule has 0 aromatic heterocycles. The summed E-state index contributed by atoms with van der Waals surface area (Å²) >= 11 is 0. The van der Waals surface area contributed by atoms with Crippen molar-refractivity contribution in [3.05, 3.63) is 35.9 Å². The maximum atomic E-state index is 3.80. The standard InChI is InChI=1S/C18H29N3/c1-20-11-5-8-18(20)14-19-17-10-13-21(15-17)12-9-16-6-3-2-4-7-16/h2-4,6-7,17-19H,5,8-15H2,1H3. The van der Waals surface area contributed by atoms with Crippen LogP contribution in [0.5, 0.6) is 0 Å². The predicted octanol–water partition coefficient (Wildman–Crippen LogP) is 1.99. The van der Waals surface area contributed by atoms with Crippen LogP contribution in [-0.2, 0) is 6.42 Å². The van der Waals surface area contributed by atoms with Crippen molar-refractivity contribution in [3.8, 4) is 0 Å². The van der Waals surface area contributed by atoms with Crippen LogP contribution in [-0.4, -0.2) is 61.7 Å². The van der Waals surface area contributed by atoms with Crippen LogP contribution < -0.4 is 5.32 Å². The number of rotatable bonds is 6. The molecule has 0 amide bonds. The van der Waals surface area contributed by atoms with E-state index in [0.29, 0.717) is 6.04 Å². The number of hydrogen-bond acceptors (Lipinski definition) is 3. The minimum Gasteiger partial charge on any atom is -0.311 e. The van der Waals surface area contributed by atoms with E-state index in [2.05, 4.69) is 52.5 Å². The van der Waals surface area contributed by atoms with Gasteiger partial charge in [-0.25, -0.2) is 0 Å². The summed E-state index contributed by atoms with van der Waals surface area (Å²) in [5.74, 6) is 0. The van der Waals surface area contributed by atoms with Gasteiger partial charge in [0, 0.05) is 31.7 Å². The Bertz CT molecular complexity index is 420. The van der Waals surface area contributed by atoms with Crippen LogP contribution in [0.15, 0.2) is 30.3 Å². The maximum absolute atomic E-state index is 3.80. The SMILES string of the molecule is CN1CCCC1CNC1CCN(CCc2ccccc2)C1. The number of likely N-dealkylation sites (tertiary alicyclic amines) is 2. The number of nitrogens with zero attached hydrogens (tertiary/aromatic N) is 2. The molecule has 0 radical (unpaired) electrons. The lowest BCUT2D eigenvalue weighted by molar-refractivity contribution is 0.285. The fraction of sp³-hybridized carbons (Fsp3) is 0.667. The molecule has 0 saturated carbocycles. The van der Waals surface area contributed by atoms with E-state index >= 15 is 0 Å². The zero-order valence-electron chi connectivity index (χ0n) is 13.3. The molecule has 2 saturated heterocycles. The highest BCUT2D eigenvalue weighted by atomic mass is 15.2. The maximum Gasteiger partial charge on any atom is 0.0218 e. The Balaban J connectivity index is 1.35. The van der Waals surface area contributed by atoms with Crippen molar-refractivity contribution < 1.29 is 0 Å². The molecule has 0 aliphatic carbocycles. The molecular weight excluding hydrogens is 258 g/mol. The molecular formula is C18H29N3. The summed E-state index contributed by atoms with van der Waals surface area (Å²) in [4.78, 5) is 5.12. The summed E-state index contributed by atoms with van der Waals surface area (Å²) < 4.78 is 0. The van der Waals surface area contributed by atoms with Crippen molar-refractivity contribution in [2.45, 2.75) is 37.8 Å². The highest BCUT2D eigenvalue weighted by Crippen LogP contribution is 2.15. The number of likely N-dealkylation sites (N-methyl/N-ethyl adjacent to an activating group) is 1. The average Bonchev–Trinajstić information content (AvgIpc) is 3.13. The van der Waals surface area contributed by atoms with Crippen LogP contribution in [0.4, 0.5) is 0 Å². The lowest BCUT2D eigenvalue weighted by atomic mass is 10.1. The first-order valence-corrected chi connectivity index (χ1v) is 8.51. The third-order valence-electron chi connectivity index (χ3n) is 5.15. The van der Waals surface area contributed by atoms with Gasteiger partial charge in [-0.15, -0.1) is 0 Å². The molecule has 3 rings (SSSR count). The zero-order valence-corrected chi connectivity index (χ0v) is 13.3. The lowest BCUT2D eigenvalue weighted by Gasteiger charge is -2.22. The summed E-state index contributed by atoms with van der Waals surface area (Å²) in [6, 6.07) is 12.3. The monoisotopic (exact) mass is 287 g/mol. The minimum atomic E-state index is 0.703. The molecule has 1 aromatic carbocycles. The molecule has 0 bridgehead atoms. The molecule has 21 heavy (non-hydrogen) atoms. The number of hydrogen-bond donors (Lipinski definition) is 1. The van der Waals surface area contributed by atoms with Gasteiger partial charge in [0.15, 0.2) is 0 Å². The van der Waals surface area contributed by atoms with Gasteiger partial charge >= 0.3 is 0 Å². The number of benzene rings is 1. The quantitative estimate of drug-likeness (QED) is 0.863. The second kappa shape index (κ2) is 7.39. The zero-order chi connectivity index (χ0) is 14.5. The van der Waals surface area contributed by atoms with Crippen LogP contribution in [0.2, 0.25) is 0 Å². The Labute approximate surface area is 129 Å². The van der Waals surface area contributed by atoms with E-state index in [1.807, 2.05) is 0 Å². The highest BCUT2D eigenvalue weighted by molar-refractivity contribution is 5.14. The third-order valence-corrected chi connectivity index (χ3v) is 5.15. The smallest absolute Gasteiger partial charge is 0.0218 e. The van der Waals surface area contributed by atoms with E-state index in [-0.39, 0.29) is 0 Å². The second-order valence-corrected chi connectivity index (χ2v) is 6.71. The summed E-state index contributed by atoms with van der Waals surface area (Å²) in [5, 5.41) is 3.80. The minimum absolute atomic E-state index is 0.703. The van der Waals surface area contributed by atoms with Gasteiger partial charge in [-0.3, -0.25) is 0 Å². The van der Waals surface area contributed by atoms with Gasteiger partial charge in [0.05, 0.1) is 0 Å². The topological polar surface area (TPSA) is 18.5 Å². The molecule has 2 atom stereocenters. The summed E-state index contributed by atoms with van der Waals surface area (Å²) in [7, 11) is 2.26. The summed E-state index contributed by atoms with van der Waals surface area (Å²) in [6.45, 7) is 6.13. The van der Waals surface area contributed by atoms with Gasteiger partial charge in [0.25, 0.3) is 0 Å². The van der Waals surface area contributed by atoms with Crippen LogP contribution >= 0.6 is 0 Å². The van der Waals surface area contributed by atoms with Gasteiger partial charge in [0.1, 0.15) is 0 Å². The van der Waals surface area contributed by atoms with E-state index in [1.54, 1.807) is 0 Å². The fourth-order valence-corrected chi connectivity index (χ4v) is 3.67. The normalized spacial score (nSPS) is 27.5. The van der Waals surface area contributed by atoms with Gasteiger partial charge < -0.3 is 15.1 Å². The predicted molar refractivity (Wildman–Crippen MR) is 88.6 cm³/mol. The summed E-state index contributed by atoms with van der Waals surface area (Å²) in [6.07, 6.45) is 5.23. The molecule has 3 nitrogen and oxygen atoms in total. The first kappa shape index (κ1) is 15.0. The van der Waals surface area contributed by atoms with Gasteiger partial charge in [-0.2, -0.15) is 0 Å². The van der Waals surface area contributed by atoms with Crippen molar-refractivity contribution in [2.75, 3.05) is 39.8 Å². The van der Waals surface area contributed by atoms with Gasteiger partial charge in [0.2, 0.25) is 0 Å². The van der Waals surface area contributed by atoms with Crippen LogP contribution in [0.3, 0.4) is 0 Å². The Morgan fingerprint density at radius 3 is 2.76 bits per heavy atom. The van der Waals surface area contributed by atoms with E-state index in [4.69, 9.17) is 0 Å². The molecule has 2 heterocycles. The van der Waals surface area contributed by atoms with Crippen LogP contribution in [0, 0.1) is 0 Å². The molecule has 2 fully saturated rings. The Morgan fingerprint density at radius 2 is 2.00 bits per heavy atom. The molecule has 1 aromatic rings. The van der Waals surface area contributed by atoms with Crippen LogP contribution in [0.1, 0.15) is 24.8 Å². The van der Waals surface area contributed by atoms with E-state index in [1.165, 1.54) is 64.0 Å². The van der Waals surface area contributed by atoms with Gasteiger partial charge in [-0.05, 0) is 51.4 Å². The fourth-order valence-electron chi connectivity index (χ4n) is 3.67. The van der Waals surface area contributed by atoms with E-state index in [9.17, 15) is 0 Å². The Hall–Kier alpha value is -0.900. The molecule has 2 aliphatic heterocycles. The molecule has 2 aliphatic rings. The first-order valence-electron chi connectivity index (χ1n) is 8.51. The van der Waals surface area contributed by atoms with Crippen molar-refractivity contribution in [2.24, 2.45) is 0 Å². The van der Waals surface area contributed by atoms with Crippen molar-refractivity contribution in [3.63, 3.8) is 0 Å². The van der Waals surface area contributed by atoms with E-state index in [0.717, 1.165) is 6.04 Å².